The van der Waals surface area contributed by atoms with Crippen molar-refractivity contribution in [1.29, 1.82) is 0 Å². The second kappa shape index (κ2) is 7.44. The molecule has 0 aliphatic heterocycles. The molecule has 0 radical (unpaired) electrons. The van der Waals surface area contributed by atoms with E-state index in [4.69, 9.17) is 0 Å². The highest BCUT2D eigenvalue weighted by molar-refractivity contribution is 7.92. The predicted molar refractivity (Wildman–Crippen MR) is 92.1 cm³/mol. The van der Waals surface area contributed by atoms with Crippen LogP contribution in [0.25, 0.3) is 0 Å². The Morgan fingerprint density at radius 3 is 2.50 bits per heavy atom. The van der Waals surface area contributed by atoms with Gasteiger partial charge in [0.1, 0.15) is 5.82 Å². The van der Waals surface area contributed by atoms with Crippen LogP contribution in [0.3, 0.4) is 0 Å². The SMILES string of the molecule is Cc1ccccc1N(CCNC(=O)c1cccc(F)c1)S(C)(=O)=O. The Bertz CT molecular complexity index is 837. The maximum Gasteiger partial charge on any atom is 0.251 e. The maximum absolute atomic E-state index is 13.1. The van der Waals surface area contributed by atoms with Crippen LogP contribution in [0.2, 0.25) is 0 Å². The summed E-state index contributed by atoms with van der Waals surface area (Å²) in [5.41, 5.74) is 1.58. The standard InChI is InChI=1S/C17H19FN2O3S/c1-13-6-3-4-9-16(13)20(24(2,22)23)11-10-19-17(21)14-7-5-8-15(18)12-14/h3-9,12H,10-11H2,1-2H3,(H,19,21). The molecular formula is C17H19FN2O3S. The highest BCUT2D eigenvalue weighted by atomic mass is 32.2. The minimum atomic E-state index is -3.49. The summed E-state index contributed by atoms with van der Waals surface area (Å²) in [4.78, 5) is 12.0. The van der Waals surface area contributed by atoms with E-state index in [1.54, 1.807) is 12.1 Å². The van der Waals surface area contributed by atoms with Crippen molar-refractivity contribution in [2.45, 2.75) is 6.92 Å². The molecule has 0 bridgehead atoms. The number of nitrogens with one attached hydrogen (secondary N) is 1. The zero-order valence-electron chi connectivity index (χ0n) is 13.5. The lowest BCUT2D eigenvalue weighted by atomic mass is 10.2. The zero-order valence-corrected chi connectivity index (χ0v) is 14.3. The average Bonchev–Trinajstić information content (AvgIpc) is 2.51. The average molecular weight is 350 g/mol. The van der Waals surface area contributed by atoms with Crippen LogP contribution in [0.1, 0.15) is 15.9 Å². The molecule has 128 valence electrons. The first-order valence-corrected chi connectivity index (χ1v) is 9.21. The van der Waals surface area contributed by atoms with Crippen LogP contribution in [0.4, 0.5) is 10.1 Å². The van der Waals surface area contributed by atoms with E-state index in [9.17, 15) is 17.6 Å². The third-order valence-electron chi connectivity index (χ3n) is 3.47. The molecule has 2 aromatic carbocycles. The largest absolute Gasteiger partial charge is 0.350 e. The molecule has 2 rings (SSSR count). The van der Waals surface area contributed by atoms with Crippen LogP contribution < -0.4 is 9.62 Å². The number of nitrogens with zero attached hydrogens (tertiary/aromatic N) is 1. The van der Waals surface area contributed by atoms with Gasteiger partial charge in [-0.3, -0.25) is 9.10 Å². The fraction of sp³-hybridized carbons (Fsp3) is 0.235. The summed E-state index contributed by atoms with van der Waals surface area (Å²) in [6, 6.07) is 12.4. The van der Waals surface area contributed by atoms with Gasteiger partial charge in [-0.15, -0.1) is 0 Å². The fourth-order valence-corrected chi connectivity index (χ4v) is 3.30. The van der Waals surface area contributed by atoms with Gasteiger partial charge in [0.05, 0.1) is 18.5 Å². The Labute approximate surface area is 141 Å². The van der Waals surface area contributed by atoms with E-state index in [1.165, 1.54) is 22.5 Å². The minimum absolute atomic E-state index is 0.0880. The summed E-state index contributed by atoms with van der Waals surface area (Å²) in [6.07, 6.45) is 1.12. The van der Waals surface area contributed by atoms with E-state index in [0.717, 1.165) is 17.9 Å². The monoisotopic (exact) mass is 350 g/mol. The Morgan fingerprint density at radius 2 is 1.88 bits per heavy atom. The molecule has 7 heteroatoms. The Hall–Kier alpha value is -2.41. The van der Waals surface area contributed by atoms with Crippen molar-refractivity contribution >= 4 is 21.6 Å². The van der Waals surface area contributed by atoms with Crippen molar-refractivity contribution < 1.29 is 17.6 Å². The number of carbonyl (C=O) groups excluding carboxylic acids is 1. The minimum Gasteiger partial charge on any atom is -0.350 e. The van der Waals surface area contributed by atoms with Crippen molar-refractivity contribution in [3.63, 3.8) is 0 Å². The molecular weight excluding hydrogens is 331 g/mol. The van der Waals surface area contributed by atoms with Gasteiger partial charge in [-0.2, -0.15) is 0 Å². The van der Waals surface area contributed by atoms with Crippen LogP contribution in [0, 0.1) is 12.7 Å². The molecule has 0 heterocycles. The quantitative estimate of drug-likeness (QED) is 0.869. The first-order valence-electron chi connectivity index (χ1n) is 7.36. The van der Waals surface area contributed by atoms with E-state index in [2.05, 4.69) is 5.32 Å². The van der Waals surface area contributed by atoms with Crippen LogP contribution >= 0.6 is 0 Å². The molecule has 5 nitrogen and oxygen atoms in total. The molecule has 0 spiro atoms. The summed E-state index contributed by atoms with van der Waals surface area (Å²) >= 11 is 0. The van der Waals surface area contributed by atoms with Crippen LogP contribution in [0.5, 0.6) is 0 Å². The van der Waals surface area contributed by atoms with Gasteiger partial charge in [-0.05, 0) is 36.8 Å². The smallest absolute Gasteiger partial charge is 0.251 e. The number of hydrogen-bond acceptors (Lipinski definition) is 3. The molecule has 0 unspecified atom stereocenters. The Balaban J connectivity index is 2.07. The lowest BCUT2D eigenvalue weighted by Gasteiger charge is -2.24. The summed E-state index contributed by atoms with van der Waals surface area (Å²) < 4.78 is 38.5. The lowest BCUT2D eigenvalue weighted by Crippen LogP contribution is -2.38. The second-order valence-electron chi connectivity index (χ2n) is 5.39. The number of aryl methyl sites for hydroxylation is 1. The first-order chi connectivity index (χ1) is 11.3. The van der Waals surface area contributed by atoms with E-state index < -0.39 is 21.7 Å². The Morgan fingerprint density at radius 1 is 1.17 bits per heavy atom. The first kappa shape index (κ1) is 17.9. The number of benzene rings is 2. The number of rotatable bonds is 6. The lowest BCUT2D eigenvalue weighted by molar-refractivity contribution is 0.0954. The van der Waals surface area contributed by atoms with Gasteiger partial charge < -0.3 is 5.32 Å². The van der Waals surface area contributed by atoms with E-state index >= 15 is 0 Å². The third kappa shape index (κ3) is 4.55. The fourth-order valence-electron chi connectivity index (χ4n) is 2.31. The molecule has 0 fully saturated rings. The van der Waals surface area contributed by atoms with Crippen LogP contribution in [-0.2, 0) is 10.0 Å². The van der Waals surface area contributed by atoms with Crippen molar-refractivity contribution in [2.75, 3.05) is 23.7 Å². The highest BCUT2D eigenvalue weighted by Crippen LogP contribution is 2.21. The Kier molecular flexibility index (Phi) is 5.56. The molecule has 0 saturated carbocycles. The summed E-state index contributed by atoms with van der Waals surface area (Å²) in [6.45, 7) is 2.01. The van der Waals surface area contributed by atoms with Gasteiger partial charge in [0, 0.05) is 12.1 Å². The molecule has 0 saturated heterocycles. The van der Waals surface area contributed by atoms with E-state index in [1.807, 2.05) is 19.1 Å². The predicted octanol–water partition coefficient (Wildman–Crippen LogP) is 2.33. The van der Waals surface area contributed by atoms with Crippen molar-refractivity contribution in [3.8, 4) is 0 Å². The topological polar surface area (TPSA) is 66.5 Å². The molecule has 2 aromatic rings. The summed E-state index contributed by atoms with van der Waals surface area (Å²) in [5.74, 6) is -0.951. The zero-order chi connectivity index (χ0) is 17.7. The normalized spacial score (nSPS) is 11.1. The van der Waals surface area contributed by atoms with Crippen molar-refractivity contribution in [2.24, 2.45) is 0 Å². The number of para-hydroxylation sites is 1. The molecule has 24 heavy (non-hydrogen) atoms. The number of halogens is 1. The molecule has 0 atom stereocenters. The van der Waals surface area contributed by atoms with Crippen molar-refractivity contribution in [1.82, 2.24) is 5.32 Å². The van der Waals surface area contributed by atoms with Gasteiger partial charge in [0.2, 0.25) is 10.0 Å². The number of carbonyl (C=O) groups is 1. The van der Waals surface area contributed by atoms with E-state index in [-0.39, 0.29) is 18.7 Å². The highest BCUT2D eigenvalue weighted by Gasteiger charge is 2.19. The van der Waals surface area contributed by atoms with Gasteiger partial charge in [-0.1, -0.05) is 24.3 Å². The third-order valence-corrected chi connectivity index (χ3v) is 4.65. The maximum atomic E-state index is 13.1. The number of sulfonamides is 1. The van der Waals surface area contributed by atoms with Gasteiger partial charge in [0.25, 0.3) is 5.91 Å². The van der Waals surface area contributed by atoms with E-state index in [0.29, 0.717) is 5.69 Å². The molecule has 1 amide bonds. The van der Waals surface area contributed by atoms with Crippen molar-refractivity contribution in [3.05, 3.63) is 65.5 Å². The van der Waals surface area contributed by atoms with Crippen LogP contribution in [0.15, 0.2) is 48.5 Å². The van der Waals surface area contributed by atoms with Crippen LogP contribution in [-0.4, -0.2) is 33.7 Å². The molecule has 0 aliphatic rings. The van der Waals surface area contributed by atoms with Gasteiger partial charge >= 0.3 is 0 Å². The van der Waals surface area contributed by atoms with Gasteiger partial charge in [0.15, 0.2) is 0 Å². The number of hydrogen-bond donors (Lipinski definition) is 1. The molecule has 1 N–H and O–H groups in total. The summed E-state index contributed by atoms with van der Waals surface area (Å²) in [7, 11) is -3.49. The summed E-state index contributed by atoms with van der Waals surface area (Å²) in [5, 5.41) is 2.61. The van der Waals surface area contributed by atoms with Gasteiger partial charge in [-0.25, -0.2) is 12.8 Å². The second-order valence-corrected chi connectivity index (χ2v) is 7.29. The number of amides is 1. The molecule has 0 aliphatic carbocycles. The number of anilines is 1. The molecule has 0 aromatic heterocycles.